The summed E-state index contributed by atoms with van der Waals surface area (Å²) in [6.07, 6.45) is 5.75. The van der Waals surface area contributed by atoms with Gasteiger partial charge in [0.2, 0.25) is 0 Å². The van der Waals surface area contributed by atoms with Crippen LogP contribution in [0.4, 0.5) is 0 Å². The molecule has 1 saturated carbocycles. The summed E-state index contributed by atoms with van der Waals surface area (Å²) in [6, 6.07) is 0.802. The van der Waals surface area contributed by atoms with E-state index in [1.807, 2.05) is 0 Å². The van der Waals surface area contributed by atoms with Crippen molar-refractivity contribution >= 4 is 5.97 Å². The van der Waals surface area contributed by atoms with Crippen molar-refractivity contribution in [1.29, 1.82) is 0 Å². The van der Waals surface area contributed by atoms with Crippen molar-refractivity contribution < 1.29 is 9.90 Å². The molecular formula is C14H26N2O2. The second-order valence-corrected chi connectivity index (χ2v) is 5.69. The average molecular weight is 254 g/mol. The van der Waals surface area contributed by atoms with Gasteiger partial charge >= 0.3 is 5.97 Å². The van der Waals surface area contributed by atoms with E-state index in [1.54, 1.807) is 0 Å². The lowest BCUT2D eigenvalue weighted by atomic mass is 9.98. The van der Waals surface area contributed by atoms with Crippen LogP contribution in [0.3, 0.4) is 0 Å². The number of hydrogen-bond donors (Lipinski definition) is 1. The molecule has 0 radical (unpaired) electrons. The molecule has 2 aliphatic rings. The quantitative estimate of drug-likeness (QED) is 0.810. The summed E-state index contributed by atoms with van der Waals surface area (Å²) in [4.78, 5) is 15.5. The van der Waals surface area contributed by atoms with E-state index in [0.29, 0.717) is 6.54 Å². The summed E-state index contributed by atoms with van der Waals surface area (Å²) in [7, 11) is 0. The van der Waals surface area contributed by atoms with Crippen molar-refractivity contribution in [1.82, 2.24) is 9.80 Å². The molecule has 2 rings (SSSR count). The second kappa shape index (κ2) is 6.53. The fourth-order valence-electron chi connectivity index (χ4n) is 3.55. The molecule has 0 aromatic rings. The first-order chi connectivity index (χ1) is 8.70. The van der Waals surface area contributed by atoms with Crippen LogP contribution in [0.1, 0.15) is 39.0 Å². The molecule has 4 nitrogen and oxygen atoms in total. The Hall–Kier alpha value is -0.610. The Bertz CT molecular complexity index is 275. The van der Waals surface area contributed by atoms with Gasteiger partial charge in [0, 0.05) is 38.8 Å². The molecule has 1 aliphatic heterocycles. The molecule has 2 fully saturated rings. The molecule has 0 bridgehead atoms. The van der Waals surface area contributed by atoms with E-state index in [2.05, 4.69) is 16.7 Å². The molecule has 0 aromatic carbocycles. The van der Waals surface area contributed by atoms with Crippen LogP contribution < -0.4 is 0 Å². The zero-order valence-corrected chi connectivity index (χ0v) is 11.5. The lowest BCUT2D eigenvalue weighted by Crippen LogP contribution is -2.51. The number of carboxylic acids is 1. The average Bonchev–Trinajstić information content (AvgIpc) is 2.85. The van der Waals surface area contributed by atoms with Gasteiger partial charge in [0.05, 0.1) is 6.42 Å². The van der Waals surface area contributed by atoms with Crippen molar-refractivity contribution in [3.63, 3.8) is 0 Å². The van der Waals surface area contributed by atoms with Crippen molar-refractivity contribution in [2.24, 2.45) is 5.92 Å². The first kappa shape index (κ1) is 13.8. The van der Waals surface area contributed by atoms with E-state index in [0.717, 1.165) is 38.1 Å². The molecule has 1 N–H and O–H groups in total. The molecule has 0 aromatic heterocycles. The Kier molecular flexibility index (Phi) is 5.01. The Morgan fingerprint density at radius 3 is 2.56 bits per heavy atom. The number of rotatable bonds is 5. The van der Waals surface area contributed by atoms with Crippen molar-refractivity contribution in [3.8, 4) is 0 Å². The predicted molar refractivity (Wildman–Crippen MR) is 71.7 cm³/mol. The molecule has 1 heterocycles. The number of piperazine rings is 1. The van der Waals surface area contributed by atoms with Crippen molar-refractivity contribution in [2.45, 2.75) is 45.1 Å². The number of carbonyl (C=O) groups is 1. The zero-order chi connectivity index (χ0) is 13.0. The standard InChI is InChI=1S/C14H26N2O2/c1-2-12-4-3-5-13(12)16-10-8-15(9-11-16)7-6-14(17)18/h12-13H,2-11H2,1H3,(H,17,18). The SMILES string of the molecule is CCC1CCCC1N1CCN(CCC(=O)O)CC1. The molecule has 2 atom stereocenters. The van der Waals surface area contributed by atoms with Gasteiger partial charge in [-0.25, -0.2) is 0 Å². The van der Waals surface area contributed by atoms with Crippen LogP contribution in [0.25, 0.3) is 0 Å². The normalized spacial score (nSPS) is 30.7. The molecule has 2 unspecified atom stereocenters. The monoisotopic (exact) mass is 254 g/mol. The molecule has 1 saturated heterocycles. The molecule has 4 heteroatoms. The minimum absolute atomic E-state index is 0.279. The Morgan fingerprint density at radius 2 is 1.94 bits per heavy atom. The van der Waals surface area contributed by atoms with Crippen molar-refractivity contribution in [3.05, 3.63) is 0 Å². The molecule has 0 amide bonds. The Balaban J connectivity index is 1.74. The van der Waals surface area contributed by atoms with Gasteiger partial charge in [0.15, 0.2) is 0 Å². The highest BCUT2D eigenvalue weighted by atomic mass is 16.4. The zero-order valence-electron chi connectivity index (χ0n) is 11.5. The molecular weight excluding hydrogens is 228 g/mol. The van der Waals surface area contributed by atoms with Gasteiger partial charge in [-0.2, -0.15) is 0 Å². The van der Waals surface area contributed by atoms with E-state index >= 15 is 0 Å². The van der Waals surface area contributed by atoms with Crippen molar-refractivity contribution in [2.75, 3.05) is 32.7 Å². The van der Waals surface area contributed by atoms with Crippen LogP contribution in [0, 0.1) is 5.92 Å². The fraction of sp³-hybridized carbons (Fsp3) is 0.929. The van der Waals surface area contributed by atoms with E-state index in [-0.39, 0.29) is 6.42 Å². The van der Waals surface area contributed by atoms with Crippen LogP contribution in [0.2, 0.25) is 0 Å². The van der Waals surface area contributed by atoms with Crippen LogP contribution in [0.5, 0.6) is 0 Å². The van der Waals surface area contributed by atoms with E-state index in [4.69, 9.17) is 5.11 Å². The maximum atomic E-state index is 10.6. The summed E-state index contributed by atoms with van der Waals surface area (Å²) in [6.45, 7) is 7.36. The third kappa shape index (κ3) is 3.45. The summed E-state index contributed by atoms with van der Waals surface area (Å²) < 4.78 is 0. The second-order valence-electron chi connectivity index (χ2n) is 5.69. The topological polar surface area (TPSA) is 43.8 Å². The van der Waals surface area contributed by atoms with E-state index < -0.39 is 5.97 Å². The highest BCUT2D eigenvalue weighted by Crippen LogP contribution is 2.32. The van der Waals surface area contributed by atoms with E-state index in [9.17, 15) is 4.79 Å². The molecule has 1 aliphatic carbocycles. The lowest BCUT2D eigenvalue weighted by molar-refractivity contribution is -0.137. The van der Waals surface area contributed by atoms with Gasteiger partial charge in [-0.05, 0) is 18.8 Å². The van der Waals surface area contributed by atoms with Crippen LogP contribution in [-0.2, 0) is 4.79 Å². The third-order valence-electron chi connectivity index (χ3n) is 4.66. The summed E-state index contributed by atoms with van der Waals surface area (Å²) in [5, 5.41) is 8.70. The molecule has 0 spiro atoms. The maximum Gasteiger partial charge on any atom is 0.304 e. The first-order valence-corrected chi connectivity index (χ1v) is 7.39. The van der Waals surface area contributed by atoms with Gasteiger partial charge in [-0.3, -0.25) is 9.69 Å². The number of hydrogen-bond acceptors (Lipinski definition) is 3. The third-order valence-corrected chi connectivity index (χ3v) is 4.66. The highest BCUT2D eigenvalue weighted by molar-refractivity contribution is 5.66. The highest BCUT2D eigenvalue weighted by Gasteiger charge is 2.32. The number of aliphatic carboxylic acids is 1. The summed E-state index contributed by atoms with van der Waals surface area (Å²) in [5.41, 5.74) is 0. The van der Waals surface area contributed by atoms with E-state index in [1.165, 1.54) is 25.7 Å². The number of nitrogens with zero attached hydrogens (tertiary/aromatic N) is 2. The first-order valence-electron chi connectivity index (χ1n) is 7.39. The lowest BCUT2D eigenvalue weighted by Gasteiger charge is -2.40. The predicted octanol–water partition coefficient (Wildman–Crippen LogP) is 1.66. The maximum absolute atomic E-state index is 10.6. The summed E-state index contributed by atoms with van der Waals surface area (Å²) >= 11 is 0. The number of carboxylic acid groups (broad SMARTS) is 1. The molecule has 18 heavy (non-hydrogen) atoms. The minimum atomic E-state index is -0.681. The van der Waals surface area contributed by atoms with Gasteiger partial charge in [0.25, 0.3) is 0 Å². The summed E-state index contributed by atoms with van der Waals surface area (Å²) in [5.74, 6) is 0.217. The van der Waals surface area contributed by atoms with Gasteiger partial charge < -0.3 is 10.0 Å². The van der Waals surface area contributed by atoms with Gasteiger partial charge in [-0.15, -0.1) is 0 Å². The Morgan fingerprint density at radius 1 is 1.22 bits per heavy atom. The van der Waals surface area contributed by atoms with Crippen LogP contribution in [-0.4, -0.2) is 59.6 Å². The van der Waals surface area contributed by atoms with Crippen LogP contribution >= 0.6 is 0 Å². The van der Waals surface area contributed by atoms with Gasteiger partial charge in [-0.1, -0.05) is 19.8 Å². The minimum Gasteiger partial charge on any atom is -0.481 e. The molecule has 104 valence electrons. The smallest absolute Gasteiger partial charge is 0.304 e. The largest absolute Gasteiger partial charge is 0.481 e. The van der Waals surface area contributed by atoms with Gasteiger partial charge in [0.1, 0.15) is 0 Å². The van der Waals surface area contributed by atoms with Crippen LogP contribution in [0.15, 0.2) is 0 Å². The fourth-order valence-corrected chi connectivity index (χ4v) is 3.55. The Labute approximate surface area is 110 Å².